The summed E-state index contributed by atoms with van der Waals surface area (Å²) in [5, 5.41) is 19.6. The molecular formula is C25H39N3O3Si2. The second-order valence-corrected chi connectivity index (χ2v) is 14.9. The second kappa shape index (κ2) is 11.6. The Morgan fingerprint density at radius 3 is 1.91 bits per heavy atom. The van der Waals surface area contributed by atoms with Gasteiger partial charge in [0, 0.05) is 18.0 Å². The predicted octanol–water partition coefficient (Wildman–Crippen LogP) is 5.81. The molecule has 1 aromatic heterocycles. The Morgan fingerprint density at radius 2 is 1.48 bits per heavy atom. The standard InChI is InChI=1S/C13H18N2OSi.C12H21NO2Si/c1-12(2,3)17-16-13(4,5)10-6-7-11(8-14)15-9-10;1-11(2,3)16-15-12(4,5)10-7-6-8-13(14)9-10/h6-7,9H,1-5H3;6-8,14H,9H2,1-5H3. The quantitative estimate of drug-likeness (QED) is 0.513. The number of nitriles is 1. The Labute approximate surface area is 205 Å². The summed E-state index contributed by atoms with van der Waals surface area (Å²) in [5.74, 6) is 0. The molecule has 0 aromatic carbocycles. The zero-order valence-electron chi connectivity index (χ0n) is 21.8. The van der Waals surface area contributed by atoms with Crippen molar-refractivity contribution < 1.29 is 14.1 Å². The van der Waals surface area contributed by atoms with Crippen molar-refractivity contribution >= 4 is 19.5 Å². The molecule has 0 atom stereocenters. The predicted molar refractivity (Wildman–Crippen MR) is 135 cm³/mol. The molecule has 1 N–H and O–H groups in total. The van der Waals surface area contributed by atoms with Gasteiger partial charge in [-0.05, 0) is 55.5 Å². The van der Waals surface area contributed by atoms with Crippen molar-refractivity contribution in [2.45, 2.75) is 90.5 Å². The van der Waals surface area contributed by atoms with Crippen molar-refractivity contribution in [3.8, 4) is 6.07 Å². The Morgan fingerprint density at radius 1 is 0.939 bits per heavy atom. The highest BCUT2D eigenvalue weighted by molar-refractivity contribution is 6.32. The van der Waals surface area contributed by atoms with Crippen LogP contribution >= 0.6 is 0 Å². The fraction of sp³-hybridized carbons (Fsp3) is 0.600. The summed E-state index contributed by atoms with van der Waals surface area (Å²) in [6.07, 6.45) is 7.21. The fourth-order valence-corrected chi connectivity index (χ4v) is 3.80. The second-order valence-electron chi connectivity index (χ2n) is 11.1. The van der Waals surface area contributed by atoms with Crippen LogP contribution in [0.4, 0.5) is 0 Å². The first-order valence-electron chi connectivity index (χ1n) is 11.1. The number of hydrogen-bond acceptors (Lipinski definition) is 6. The first-order chi connectivity index (χ1) is 15.0. The summed E-state index contributed by atoms with van der Waals surface area (Å²) in [6, 6.07) is 5.64. The van der Waals surface area contributed by atoms with Gasteiger partial charge in [0.25, 0.3) is 0 Å². The molecule has 1 aromatic rings. The van der Waals surface area contributed by atoms with Crippen LogP contribution in [0, 0.1) is 11.3 Å². The Kier molecular flexibility index (Phi) is 10.3. The zero-order valence-corrected chi connectivity index (χ0v) is 23.8. The summed E-state index contributed by atoms with van der Waals surface area (Å²) in [7, 11) is 0.868. The van der Waals surface area contributed by atoms with Crippen LogP contribution in [0.1, 0.15) is 80.5 Å². The molecule has 0 spiro atoms. The monoisotopic (exact) mass is 485 g/mol. The maximum absolute atomic E-state index is 9.42. The molecule has 0 amide bonds. The van der Waals surface area contributed by atoms with Crippen LogP contribution in [0.2, 0.25) is 10.1 Å². The summed E-state index contributed by atoms with van der Waals surface area (Å²) >= 11 is 0. The largest absolute Gasteiger partial charge is 0.408 e. The lowest BCUT2D eigenvalue weighted by molar-refractivity contribution is -0.0399. The Balaban J connectivity index is 0.000000331. The molecule has 0 bridgehead atoms. The average molecular weight is 486 g/mol. The van der Waals surface area contributed by atoms with E-state index in [4.69, 9.17) is 14.1 Å². The molecule has 2 heterocycles. The SMILES string of the molecule is CC(C)(C)[Si]OC(C)(C)C1=CC=CN(O)C1.CC(C)(C)[Si]OC(C)(C)c1ccc(C#N)nc1. The zero-order chi connectivity index (χ0) is 25.5. The highest BCUT2D eigenvalue weighted by Crippen LogP contribution is 2.29. The number of nitrogens with zero attached hydrogens (tertiary/aromatic N) is 3. The van der Waals surface area contributed by atoms with Gasteiger partial charge in [-0.25, -0.2) is 4.98 Å². The lowest BCUT2D eigenvalue weighted by atomic mass is 9.96. The van der Waals surface area contributed by atoms with Gasteiger partial charge >= 0.3 is 0 Å². The first kappa shape index (κ1) is 29.3. The maximum atomic E-state index is 9.42. The smallest absolute Gasteiger partial charge is 0.236 e. The summed E-state index contributed by atoms with van der Waals surface area (Å²) < 4.78 is 11.9. The fourth-order valence-electron chi connectivity index (χ4n) is 2.43. The molecule has 6 nitrogen and oxygen atoms in total. The van der Waals surface area contributed by atoms with E-state index in [9.17, 15) is 5.21 Å². The van der Waals surface area contributed by atoms with Crippen LogP contribution in [0.15, 0.2) is 42.3 Å². The van der Waals surface area contributed by atoms with Crippen molar-refractivity contribution in [1.82, 2.24) is 10.0 Å². The van der Waals surface area contributed by atoms with E-state index in [1.54, 1.807) is 18.5 Å². The van der Waals surface area contributed by atoms with Crippen molar-refractivity contribution in [2.75, 3.05) is 6.54 Å². The third-order valence-electron chi connectivity index (χ3n) is 4.46. The van der Waals surface area contributed by atoms with E-state index in [2.05, 4.69) is 46.5 Å². The highest BCUT2D eigenvalue weighted by atomic mass is 28.2. The third-order valence-corrected chi connectivity index (χ3v) is 6.91. The first-order valence-corrected chi connectivity index (χ1v) is 12.9. The van der Waals surface area contributed by atoms with Gasteiger partial charge in [-0.2, -0.15) is 5.26 Å². The van der Waals surface area contributed by atoms with Gasteiger partial charge in [0.15, 0.2) is 0 Å². The average Bonchev–Trinajstić information content (AvgIpc) is 2.71. The van der Waals surface area contributed by atoms with Crippen LogP contribution in [-0.4, -0.2) is 46.9 Å². The number of rotatable bonds is 6. The van der Waals surface area contributed by atoms with Crippen LogP contribution in [0.25, 0.3) is 0 Å². The molecule has 2 rings (SSSR count). The molecule has 1 aliphatic rings. The number of allylic oxidation sites excluding steroid dienone is 2. The van der Waals surface area contributed by atoms with Crippen molar-refractivity contribution in [3.05, 3.63) is 53.5 Å². The van der Waals surface area contributed by atoms with E-state index >= 15 is 0 Å². The van der Waals surface area contributed by atoms with E-state index in [0.29, 0.717) is 31.8 Å². The maximum Gasteiger partial charge on any atom is 0.236 e. The number of pyridine rings is 1. The van der Waals surface area contributed by atoms with Gasteiger partial charge in [0.05, 0.1) is 17.7 Å². The molecule has 8 heteroatoms. The summed E-state index contributed by atoms with van der Waals surface area (Å²) in [6.45, 7) is 21.6. The van der Waals surface area contributed by atoms with E-state index in [0.717, 1.165) is 11.1 Å². The van der Waals surface area contributed by atoms with Crippen molar-refractivity contribution in [1.29, 1.82) is 5.26 Å². The van der Waals surface area contributed by atoms with Crippen molar-refractivity contribution in [2.24, 2.45) is 0 Å². The van der Waals surface area contributed by atoms with Gasteiger partial charge in [0.2, 0.25) is 19.5 Å². The van der Waals surface area contributed by atoms with Gasteiger partial charge < -0.3 is 8.85 Å². The lowest BCUT2D eigenvalue weighted by Crippen LogP contribution is -2.36. The Hall–Kier alpha value is -1.77. The van der Waals surface area contributed by atoms with E-state index < -0.39 is 0 Å². The summed E-state index contributed by atoms with van der Waals surface area (Å²) in [4.78, 5) is 4.07. The number of hydrogen-bond donors (Lipinski definition) is 1. The molecule has 0 saturated heterocycles. The van der Waals surface area contributed by atoms with Crippen LogP contribution < -0.4 is 0 Å². The van der Waals surface area contributed by atoms with E-state index in [-0.39, 0.29) is 21.3 Å². The van der Waals surface area contributed by atoms with Crippen LogP contribution in [0.3, 0.4) is 0 Å². The minimum atomic E-state index is -0.368. The minimum absolute atomic E-state index is 0.164. The normalized spacial score (nSPS) is 14.8. The molecule has 4 radical (unpaired) electrons. The third kappa shape index (κ3) is 11.3. The van der Waals surface area contributed by atoms with Crippen LogP contribution in [-0.2, 0) is 14.5 Å². The molecule has 33 heavy (non-hydrogen) atoms. The minimum Gasteiger partial charge on any atom is -0.408 e. The lowest BCUT2D eigenvalue weighted by Gasteiger charge is -2.34. The van der Waals surface area contributed by atoms with Gasteiger partial charge in [-0.1, -0.05) is 53.7 Å². The number of hydroxylamine groups is 2. The van der Waals surface area contributed by atoms with E-state index in [1.165, 1.54) is 5.06 Å². The molecule has 0 unspecified atom stereocenters. The molecule has 0 fully saturated rings. The molecular weight excluding hydrogens is 446 g/mol. The Bertz CT molecular complexity index is 859. The summed E-state index contributed by atoms with van der Waals surface area (Å²) in [5.41, 5.74) is 1.83. The highest BCUT2D eigenvalue weighted by Gasteiger charge is 2.28. The molecule has 0 aliphatic carbocycles. The topological polar surface area (TPSA) is 78.6 Å². The van der Waals surface area contributed by atoms with Crippen molar-refractivity contribution in [3.63, 3.8) is 0 Å². The molecule has 0 saturated carbocycles. The van der Waals surface area contributed by atoms with Gasteiger partial charge in [-0.15, -0.1) is 0 Å². The van der Waals surface area contributed by atoms with Gasteiger partial charge in [-0.3, -0.25) is 10.3 Å². The molecule has 1 aliphatic heterocycles. The van der Waals surface area contributed by atoms with E-state index in [1.807, 2.05) is 52.0 Å². The number of aromatic nitrogens is 1. The van der Waals surface area contributed by atoms with Crippen LogP contribution in [0.5, 0.6) is 0 Å². The van der Waals surface area contributed by atoms with Gasteiger partial charge in [0.1, 0.15) is 11.8 Å². The molecule has 180 valence electrons.